The molecule has 0 radical (unpaired) electrons. The highest BCUT2D eigenvalue weighted by Crippen LogP contribution is 2.22. The smallest absolute Gasteiger partial charge is 0.123 e. The second-order valence-electron chi connectivity index (χ2n) is 6.00. The number of rotatable bonds is 6. The van der Waals surface area contributed by atoms with Crippen molar-refractivity contribution in [1.29, 1.82) is 0 Å². The Morgan fingerprint density at radius 1 is 1.30 bits per heavy atom. The van der Waals surface area contributed by atoms with Gasteiger partial charge < -0.3 is 10.1 Å². The van der Waals surface area contributed by atoms with Gasteiger partial charge in [0.25, 0.3) is 0 Å². The number of ether oxygens (including phenoxy) is 1. The molecule has 1 saturated heterocycles. The first kappa shape index (κ1) is 15.3. The van der Waals surface area contributed by atoms with Crippen molar-refractivity contribution in [2.24, 2.45) is 5.92 Å². The van der Waals surface area contributed by atoms with E-state index in [1.165, 1.54) is 24.9 Å². The SMILES string of the molecule is CNCc1ccccc1OCCN1CCC(C)CC1C. The van der Waals surface area contributed by atoms with Crippen molar-refractivity contribution in [2.45, 2.75) is 39.3 Å². The Kier molecular flexibility index (Phi) is 5.86. The molecule has 1 heterocycles. The van der Waals surface area contributed by atoms with Gasteiger partial charge in [-0.25, -0.2) is 0 Å². The number of hydrogen-bond acceptors (Lipinski definition) is 3. The van der Waals surface area contributed by atoms with Gasteiger partial charge in [-0.2, -0.15) is 0 Å². The van der Waals surface area contributed by atoms with Crippen molar-refractivity contribution in [3.8, 4) is 5.75 Å². The molecule has 0 spiro atoms. The van der Waals surface area contributed by atoms with Gasteiger partial charge in [-0.15, -0.1) is 0 Å². The number of hydrogen-bond donors (Lipinski definition) is 1. The Bertz CT molecular complexity index is 408. The van der Waals surface area contributed by atoms with Crippen LogP contribution in [0.4, 0.5) is 0 Å². The van der Waals surface area contributed by atoms with Crippen LogP contribution in [-0.4, -0.2) is 37.7 Å². The third kappa shape index (κ3) is 4.22. The average molecular weight is 276 g/mol. The minimum atomic E-state index is 0.690. The van der Waals surface area contributed by atoms with Crippen LogP contribution in [0.15, 0.2) is 24.3 Å². The highest BCUT2D eigenvalue weighted by atomic mass is 16.5. The van der Waals surface area contributed by atoms with E-state index in [0.717, 1.165) is 31.4 Å². The highest BCUT2D eigenvalue weighted by Gasteiger charge is 2.22. The summed E-state index contributed by atoms with van der Waals surface area (Å²) >= 11 is 0. The van der Waals surface area contributed by atoms with Crippen molar-refractivity contribution in [3.05, 3.63) is 29.8 Å². The Labute approximate surface area is 123 Å². The van der Waals surface area contributed by atoms with E-state index in [-0.39, 0.29) is 0 Å². The fraction of sp³-hybridized carbons (Fsp3) is 0.647. The normalized spacial score (nSPS) is 23.8. The molecule has 1 aromatic rings. The fourth-order valence-corrected chi connectivity index (χ4v) is 3.04. The van der Waals surface area contributed by atoms with Crippen LogP contribution in [0.25, 0.3) is 0 Å². The number of nitrogens with one attached hydrogen (secondary N) is 1. The molecule has 3 heteroatoms. The summed E-state index contributed by atoms with van der Waals surface area (Å²) in [6.07, 6.45) is 2.64. The predicted molar refractivity (Wildman–Crippen MR) is 84.1 cm³/mol. The van der Waals surface area contributed by atoms with Gasteiger partial charge in [-0.05, 0) is 45.3 Å². The molecule has 2 atom stereocenters. The zero-order chi connectivity index (χ0) is 14.4. The summed E-state index contributed by atoms with van der Waals surface area (Å²) in [7, 11) is 1.97. The van der Waals surface area contributed by atoms with Crippen molar-refractivity contribution < 1.29 is 4.74 Å². The Morgan fingerprint density at radius 2 is 2.10 bits per heavy atom. The summed E-state index contributed by atoms with van der Waals surface area (Å²) in [6.45, 7) is 8.57. The van der Waals surface area contributed by atoms with E-state index in [2.05, 4.69) is 42.3 Å². The van der Waals surface area contributed by atoms with E-state index in [1.54, 1.807) is 0 Å². The minimum absolute atomic E-state index is 0.690. The van der Waals surface area contributed by atoms with E-state index in [1.807, 2.05) is 13.1 Å². The molecule has 0 amide bonds. The van der Waals surface area contributed by atoms with Crippen molar-refractivity contribution in [2.75, 3.05) is 26.7 Å². The maximum absolute atomic E-state index is 5.99. The van der Waals surface area contributed by atoms with Gasteiger partial charge in [-0.1, -0.05) is 25.1 Å². The standard InChI is InChI=1S/C17H28N2O/c1-14-8-9-19(15(2)12-14)10-11-20-17-7-5-4-6-16(17)13-18-3/h4-7,14-15,18H,8-13H2,1-3H3. The summed E-state index contributed by atoms with van der Waals surface area (Å²) in [5, 5.41) is 3.19. The third-order valence-corrected chi connectivity index (χ3v) is 4.25. The lowest BCUT2D eigenvalue weighted by molar-refractivity contribution is 0.109. The molecule has 2 unspecified atom stereocenters. The van der Waals surface area contributed by atoms with Crippen LogP contribution in [-0.2, 0) is 6.54 Å². The van der Waals surface area contributed by atoms with Crippen molar-refractivity contribution in [3.63, 3.8) is 0 Å². The van der Waals surface area contributed by atoms with Crippen molar-refractivity contribution in [1.82, 2.24) is 10.2 Å². The number of likely N-dealkylation sites (tertiary alicyclic amines) is 1. The van der Waals surface area contributed by atoms with Gasteiger partial charge >= 0.3 is 0 Å². The summed E-state index contributed by atoms with van der Waals surface area (Å²) in [6, 6.07) is 8.98. The van der Waals surface area contributed by atoms with E-state index >= 15 is 0 Å². The highest BCUT2D eigenvalue weighted by molar-refractivity contribution is 5.33. The van der Waals surface area contributed by atoms with Crippen LogP contribution in [0, 0.1) is 5.92 Å². The molecule has 2 rings (SSSR count). The molecule has 112 valence electrons. The molecular formula is C17H28N2O. The van der Waals surface area contributed by atoms with E-state index in [9.17, 15) is 0 Å². The molecule has 1 aliphatic heterocycles. The van der Waals surface area contributed by atoms with E-state index in [4.69, 9.17) is 4.74 Å². The summed E-state index contributed by atoms with van der Waals surface area (Å²) in [5.41, 5.74) is 1.23. The van der Waals surface area contributed by atoms with Crippen LogP contribution in [0.3, 0.4) is 0 Å². The van der Waals surface area contributed by atoms with Crippen LogP contribution in [0.5, 0.6) is 5.75 Å². The molecule has 0 saturated carbocycles. The van der Waals surface area contributed by atoms with Crippen molar-refractivity contribution >= 4 is 0 Å². The molecule has 1 fully saturated rings. The molecule has 1 aliphatic rings. The molecule has 0 aromatic heterocycles. The van der Waals surface area contributed by atoms with Crippen LogP contribution in [0.1, 0.15) is 32.3 Å². The zero-order valence-electron chi connectivity index (χ0n) is 13.1. The predicted octanol–water partition coefficient (Wildman–Crippen LogP) is 2.91. The lowest BCUT2D eigenvalue weighted by Gasteiger charge is -2.36. The van der Waals surface area contributed by atoms with Gasteiger partial charge in [-0.3, -0.25) is 4.90 Å². The quantitative estimate of drug-likeness (QED) is 0.864. The maximum atomic E-state index is 5.99. The third-order valence-electron chi connectivity index (χ3n) is 4.25. The lowest BCUT2D eigenvalue weighted by Crippen LogP contribution is -2.42. The van der Waals surface area contributed by atoms with Gasteiger partial charge in [0.05, 0.1) is 0 Å². The first-order valence-electron chi connectivity index (χ1n) is 7.80. The van der Waals surface area contributed by atoms with Gasteiger partial charge in [0.1, 0.15) is 12.4 Å². The first-order valence-corrected chi connectivity index (χ1v) is 7.80. The number of para-hydroxylation sites is 1. The topological polar surface area (TPSA) is 24.5 Å². The molecule has 1 N–H and O–H groups in total. The maximum Gasteiger partial charge on any atom is 0.123 e. The van der Waals surface area contributed by atoms with Gasteiger partial charge in [0.15, 0.2) is 0 Å². The molecular weight excluding hydrogens is 248 g/mol. The Hall–Kier alpha value is -1.06. The fourth-order valence-electron chi connectivity index (χ4n) is 3.04. The average Bonchev–Trinajstić information content (AvgIpc) is 2.43. The minimum Gasteiger partial charge on any atom is -0.492 e. The number of piperidine rings is 1. The molecule has 1 aromatic carbocycles. The molecule has 20 heavy (non-hydrogen) atoms. The second kappa shape index (κ2) is 7.65. The number of nitrogens with zero attached hydrogens (tertiary/aromatic N) is 1. The monoisotopic (exact) mass is 276 g/mol. The summed E-state index contributed by atoms with van der Waals surface area (Å²) < 4.78 is 5.99. The Balaban J connectivity index is 1.81. The van der Waals surface area contributed by atoms with E-state index < -0.39 is 0 Å². The first-order chi connectivity index (χ1) is 9.70. The van der Waals surface area contributed by atoms with Gasteiger partial charge in [0, 0.05) is 24.7 Å². The van der Waals surface area contributed by atoms with Crippen LogP contribution >= 0.6 is 0 Å². The molecule has 0 aliphatic carbocycles. The van der Waals surface area contributed by atoms with E-state index in [0.29, 0.717) is 6.04 Å². The molecule has 3 nitrogen and oxygen atoms in total. The zero-order valence-corrected chi connectivity index (χ0v) is 13.1. The second-order valence-corrected chi connectivity index (χ2v) is 6.00. The molecule has 0 bridgehead atoms. The Morgan fingerprint density at radius 3 is 2.85 bits per heavy atom. The van der Waals surface area contributed by atoms with Crippen LogP contribution in [0.2, 0.25) is 0 Å². The summed E-state index contributed by atoms with van der Waals surface area (Å²) in [5.74, 6) is 1.89. The van der Waals surface area contributed by atoms with Gasteiger partial charge in [0.2, 0.25) is 0 Å². The lowest BCUT2D eigenvalue weighted by atomic mass is 9.93. The van der Waals surface area contributed by atoms with Crippen LogP contribution < -0.4 is 10.1 Å². The number of benzene rings is 1. The summed E-state index contributed by atoms with van der Waals surface area (Å²) in [4.78, 5) is 2.56. The largest absolute Gasteiger partial charge is 0.492 e.